The Morgan fingerprint density at radius 3 is 2.75 bits per heavy atom. The summed E-state index contributed by atoms with van der Waals surface area (Å²) in [6.45, 7) is 7.69. The van der Waals surface area contributed by atoms with Crippen molar-refractivity contribution < 1.29 is 9.21 Å². The van der Waals surface area contributed by atoms with Crippen molar-refractivity contribution in [3.63, 3.8) is 0 Å². The summed E-state index contributed by atoms with van der Waals surface area (Å²) in [6, 6.07) is 5.43. The second-order valence-electron chi connectivity index (χ2n) is 6.10. The molecule has 0 saturated carbocycles. The minimum absolute atomic E-state index is 0.107. The van der Waals surface area contributed by atoms with Crippen molar-refractivity contribution in [3.8, 4) is 0 Å². The molecule has 1 amide bonds. The number of nitrogens with one attached hydrogen (secondary N) is 1. The summed E-state index contributed by atoms with van der Waals surface area (Å²) in [6.07, 6.45) is 0.265. The fourth-order valence-electron chi connectivity index (χ4n) is 1.89. The zero-order chi connectivity index (χ0) is 14.9. The molecule has 0 saturated heterocycles. The van der Waals surface area contributed by atoms with E-state index in [2.05, 4.69) is 10.3 Å². The first-order valence-corrected chi connectivity index (χ1v) is 6.74. The Bertz CT molecular complexity index is 624. The van der Waals surface area contributed by atoms with Crippen molar-refractivity contribution in [2.24, 2.45) is 5.73 Å². The van der Waals surface area contributed by atoms with Crippen LogP contribution in [-0.4, -0.2) is 16.4 Å². The smallest absolute Gasteiger partial charge is 0.226 e. The molecule has 1 heterocycles. The Labute approximate surface area is 118 Å². The lowest BCUT2D eigenvalue weighted by molar-refractivity contribution is -0.117. The topological polar surface area (TPSA) is 81.2 Å². The van der Waals surface area contributed by atoms with E-state index >= 15 is 0 Å². The maximum absolute atomic E-state index is 11.8. The predicted octanol–water partition coefficient (Wildman–Crippen LogP) is 3.02. The largest absolute Gasteiger partial charge is 0.440 e. The van der Waals surface area contributed by atoms with E-state index in [1.807, 2.05) is 39.8 Å². The lowest BCUT2D eigenvalue weighted by Crippen LogP contribution is -2.36. The molecule has 0 spiro atoms. The third kappa shape index (κ3) is 3.57. The average molecular weight is 275 g/mol. The Morgan fingerprint density at radius 2 is 2.15 bits per heavy atom. The molecule has 0 aliphatic rings. The van der Waals surface area contributed by atoms with Crippen LogP contribution >= 0.6 is 0 Å². The van der Waals surface area contributed by atoms with E-state index in [-0.39, 0.29) is 18.2 Å². The Hall–Kier alpha value is -1.88. The molecule has 108 valence electrons. The molecule has 0 aliphatic carbocycles. The summed E-state index contributed by atoms with van der Waals surface area (Å²) in [5, 5.41) is 2.83. The van der Waals surface area contributed by atoms with Crippen LogP contribution in [0.15, 0.2) is 22.6 Å². The molecule has 1 aromatic heterocycles. The minimum Gasteiger partial charge on any atom is -0.440 e. The van der Waals surface area contributed by atoms with Gasteiger partial charge in [-0.2, -0.15) is 0 Å². The van der Waals surface area contributed by atoms with Crippen LogP contribution in [0, 0.1) is 0 Å². The van der Waals surface area contributed by atoms with Gasteiger partial charge in [0.05, 0.1) is 0 Å². The van der Waals surface area contributed by atoms with Crippen LogP contribution in [0.25, 0.3) is 11.1 Å². The highest BCUT2D eigenvalue weighted by Crippen LogP contribution is 2.24. The summed E-state index contributed by atoms with van der Waals surface area (Å²) >= 11 is 0. The Balaban J connectivity index is 2.17. The van der Waals surface area contributed by atoms with Crippen molar-refractivity contribution in [3.05, 3.63) is 24.1 Å². The zero-order valence-electron chi connectivity index (χ0n) is 12.4. The van der Waals surface area contributed by atoms with Gasteiger partial charge in [0.25, 0.3) is 0 Å². The molecule has 1 aromatic carbocycles. The molecule has 3 N–H and O–H groups in total. The fourth-order valence-corrected chi connectivity index (χ4v) is 1.89. The molecule has 20 heavy (non-hydrogen) atoms. The molecule has 2 aromatic rings. The second-order valence-corrected chi connectivity index (χ2v) is 6.10. The van der Waals surface area contributed by atoms with E-state index < -0.39 is 5.54 Å². The van der Waals surface area contributed by atoms with Crippen LogP contribution in [-0.2, 0) is 4.79 Å². The number of carbonyl (C=O) groups is 1. The van der Waals surface area contributed by atoms with Gasteiger partial charge < -0.3 is 15.5 Å². The summed E-state index contributed by atoms with van der Waals surface area (Å²) in [7, 11) is 0. The number of anilines is 1. The van der Waals surface area contributed by atoms with E-state index in [0.717, 1.165) is 11.1 Å². The monoisotopic (exact) mass is 275 g/mol. The van der Waals surface area contributed by atoms with E-state index in [1.54, 1.807) is 6.07 Å². The first-order chi connectivity index (χ1) is 9.24. The average Bonchev–Trinajstić information content (AvgIpc) is 2.69. The summed E-state index contributed by atoms with van der Waals surface area (Å²) in [5.41, 5.74) is 7.49. The predicted molar refractivity (Wildman–Crippen MR) is 79.6 cm³/mol. The highest BCUT2D eigenvalue weighted by Gasteiger charge is 2.17. The van der Waals surface area contributed by atoms with Gasteiger partial charge in [-0.1, -0.05) is 13.8 Å². The third-order valence-electron chi connectivity index (χ3n) is 2.80. The van der Waals surface area contributed by atoms with Crippen LogP contribution in [0.2, 0.25) is 0 Å². The number of nitrogens with zero attached hydrogens (tertiary/aromatic N) is 1. The molecular weight excluding hydrogens is 254 g/mol. The fraction of sp³-hybridized carbons (Fsp3) is 0.467. The first-order valence-electron chi connectivity index (χ1n) is 6.74. The highest BCUT2D eigenvalue weighted by molar-refractivity contribution is 5.93. The number of fused-ring (bicyclic) bond motifs is 1. The number of nitrogens with two attached hydrogens (primary N) is 1. The van der Waals surface area contributed by atoms with E-state index in [0.29, 0.717) is 11.6 Å². The number of rotatable bonds is 4. The first kappa shape index (κ1) is 14.5. The van der Waals surface area contributed by atoms with E-state index in [1.165, 1.54) is 0 Å². The zero-order valence-corrected chi connectivity index (χ0v) is 12.4. The number of benzene rings is 1. The Kier molecular flexibility index (Phi) is 3.81. The van der Waals surface area contributed by atoms with Crippen LogP contribution in [0.4, 0.5) is 5.69 Å². The van der Waals surface area contributed by atoms with Crippen LogP contribution in [0.3, 0.4) is 0 Å². The lowest BCUT2D eigenvalue weighted by atomic mass is 10.0. The number of amides is 1. The standard InChI is InChI=1S/C15H21N3O2/c1-9(2)14-18-11-7-10(5-6-12(11)20-14)17-13(19)8-15(3,4)16/h5-7,9H,8,16H2,1-4H3,(H,17,19). The lowest BCUT2D eigenvalue weighted by Gasteiger charge is -2.17. The molecule has 2 rings (SSSR count). The number of carbonyl (C=O) groups excluding carboxylic acids is 1. The maximum Gasteiger partial charge on any atom is 0.226 e. The molecule has 0 fully saturated rings. The van der Waals surface area contributed by atoms with Gasteiger partial charge in [-0.25, -0.2) is 4.98 Å². The second kappa shape index (κ2) is 5.25. The molecule has 0 bridgehead atoms. The highest BCUT2D eigenvalue weighted by atomic mass is 16.3. The van der Waals surface area contributed by atoms with Crippen molar-refractivity contribution >= 4 is 22.7 Å². The molecule has 0 aliphatic heterocycles. The summed E-state index contributed by atoms with van der Waals surface area (Å²) in [5.74, 6) is 0.828. The van der Waals surface area contributed by atoms with Gasteiger partial charge in [0.15, 0.2) is 11.5 Å². The maximum atomic E-state index is 11.8. The minimum atomic E-state index is -0.521. The normalized spacial score (nSPS) is 12.1. The molecule has 0 atom stereocenters. The van der Waals surface area contributed by atoms with Gasteiger partial charge in [0.2, 0.25) is 5.91 Å². The molecule has 0 radical (unpaired) electrons. The van der Waals surface area contributed by atoms with Crippen molar-refractivity contribution in [2.45, 2.75) is 45.6 Å². The van der Waals surface area contributed by atoms with Gasteiger partial charge in [0, 0.05) is 23.6 Å². The number of hydrogen-bond donors (Lipinski definition) is 2. The van der Waals surface area contributed by atoms with Crippen LogP contribution in [0.5, 0.6) is 0 Å². The SMILES string of the molecule is CC(C)c1nc2cc(NC(=O)CC(C)(C)N)ccc2o1. The third-order valence-corrected chi connectivity index (χ3v) is 2.80. The van der Waals surface area contributed by atoms with Crippen molar-refractivity contribution in [1.29, 1.82) is 0 Å². The van der Waals surface area contributed by atoms with Crippen molar-refractivity contribution in [1.82, 2.24) is 4.98 Å². The number of hydrogen-bond acceptors (Lipinski definition) is 4. The number of aromatic nitrogens is 1. The van der Waals surface area contributed by atoms with Gasteiger partial charge in [0.1, 0.15) is 5.52 Å². The van der Waals surface area contributed by atoms with Gasteiger partial charge in [-0.3, -0.25) is 4.79 Å². The van der Waals surface area contributed by atoms with Crippen molar-refractivity contribution in [2.75, 3.05) is 5.32 Å². The van der Waals surface area contributed by atoms with Gasteiger partial charge >= 0.3 is 0 Å². The Morgan fingerprint density at radius 1 is 1.45 bits per heavy atom. The van der Waals surface area contributed by atoms with Gasteiger partial charge in [-0.05, 0) is 32.0 Å². The van der Waals surface area contributed by atoms with E-state index in [9.17, 15) is 4.79 Å². The summed E-state index contributed by atoms with van der Waals surface area (Å²) in [4.78, 5) is 16.3. The van der Waals surface area contributed by atoms with Crippen LogP contribution in [0.1, 0.15) is 45.9 Å². The number of oxazole rings is 1. The van der Waals surface area contributed by atoms with Gasteiger partial charge in [-0.15, -0.1) is 0 Å². The molecule has 5 nitrogen and oxygen atoms in total. The molecule has 5 heteroatoms. The van der Waals surface area contributed by atoms with Crippen LogP contribution < -0.4 is 11.1 Å². The molecule has 0 unspecified atom stereocenters. The quantitative estimate of drug-likeness (QED) is 0.898. The molecular formula is C15H21N3O2. The summed E-state index contributed by atoms with van der Waals surface area (Å²) < 4.78 is 5.63. The van der Waals surface area contributed by atoms with E-state index in [4.69, 9.17) is 10.2 Å².